The highest BCUT2D eigenvalue weighted by molar-refractivity contribution is 5.85. The number of methoxy groups -OCH3 is 1. The molecule has 0 radical (unpaired) electrons. The minimum atomic E-state index is -0.131. The first-order chi connectivity index (χ1) is 31.4. The number of nitrogens with zero attached hydrogens (tertiary/aromatic N) is 4. The first kappa shape index (κ1) is 46.9. The van der Waals surface area contributed by atoms with Crippen LogP contribution in [-0.2, 0) is 36.5 Å². The molecular weight excluding hydrogens is 829 g/mol. The molecule has 2 saturated heterocycles. The van der Waals surface area contributed by atoms with E-state index in [4.69, 9.17) is 24.2 Å². The molecule has 8 heteroatoms. The highest BCUT2D eigenvalue weighted by Crippen LogP contribution is 2.73. The molecule has 4 aliphatic carbocycles. The predicted octanol–water partition coefficient (Wildman–Crippen LogP) is 12.5. The predicted molar refractivity (Wildman–Crippen MR) is 273 cm³/mol. The minimum Gasteiger partial charge on any atom is -0.504 e. The van der Waals surface area contributed by atoms with Gasteiger partial charge in [-0.15, -0.1) is 0 Å². The fourth-order valence-electron chi connectivity index (χ4n) is 15.3. The number of benzene rings is 4. The monoisotopic (exact) mass is 903 g/mol. The molecule has 354 valence electrons. The third-order valence-corrected chi connectivity index (χ3v) is 18.2. The lowest BCUT2D eigenvalue weighted by molar-refractivity contribution is -0.0911. The molecule has 8 atom stereocenters. The van der Waals surface area contributed by atoms with Gasteiger partial charge in [0.2, 0.25) is 0 Å². The lowest BCUT2D eigenvalue weighted by Crippen LogP contribution is -2.68. The van der Waals surface area contributed by atoms with E-state index >= 15 is 0 Å². The molecule has 2 spiro atoms. The number of likely N-dealkylation sites (N-methyl/N-ethyl adjacent to an activating group) is 2. The van der Waals surface area contributed by atoms with Gasteiger partial charge in [0.15, 0.2) is 35.2 Å². The zero-order valence-electron chi connectivity index (χ0n) is 40.4. The van der Waals surface area contributed by atoms with Crippen LogP contribution in [0.5, 0.6) is 23.0 Å². The van der Waals surface area contributed by atoms with Gasteiger partial charge in [0.05, 0.1) is 40.4 Å². The Morgan fingerprint density at radius 3 is 1.54 bits per heavy atom. The summed E-state index contributed by atoms with van der Waals surface area (Å²) in [5.74, 6) is 2.82. The molecule has 8 aliphatic rings. The van der Waals surface area contributed by atoms with Gasteiger partial charge in [-0.25, -0.2) is 9.97 Å². The molecule has 6 heterocycles. The molecule has 6 aromatic rings. The summed E-state index contributed by atoms with van der Waals surface area (Å²) in [5.41, 5.74) is 15.3. The van der Waals surface area contributed by atoms with Crippen LogP contribution in [-0.4, -0.2) is 71.3 Å². The van der Waals surface area contributed by atoms with Crippen LogP contribution in [0.25, 0.3) is 21.8 Å². The molecule has 8 nitrogen and oxygen atoms in total. The van der Waals surface area contributed by atoms with Crippen LogP contribution >= 0.6 is 0 Å². The normalized spacial score (nSPS) is 30.0. The van der Waals surface area contributed by atoms with Crippen LogP contribution < -0.4 is 14.2 Å². The number of likely N-dealkylation sites (tertiary alicyclic amines) is 2. The number of pyridine rings is 2. The molecular formula is C59H74N4O4. The Bertz CT molecular complexity index is 2950. The number of aromatic hydroxyl groups is 1. The molecule has 1 unspecified atom stereocenters. The summed E-state index contributed by atoms with van der Waals surface area (Å²) in [7, 11) is 6.34. The second kappa shape index (κ2) is 16.2. The van der Waals surface area contributed by atoms with E-state index in [1.165, 1.54) is 55.3 Å². The summed E-state index contributed by atoms with van der Waals surface area (Å²) in [6, 6.07) is 26.3. The van der Waals surface area contributed by atoms with Gasteiger partial charge >= 0.3 is 0 Å². The fourth-order valence-corrected chi connectivity index (χ4v) is 15.3. The van der Waals surface area contributed by atoms with E-state index in [-0.39, 0.29) is 54.5 Å². The Hall–Kier alpha value is -5.18. The fraction of sp³-hybridized carbons (Fsp3) is 0.492. The van der Waals surface area contributed by atoms with Gasteiger partial charge in [-0.2, -0.15) is 0 Å². The van der Waals surface area contributed by atoms with Gasteiger partial charge in [-0.05, 0) is 137 Å². The van der Waals surface area contributed by atoms with E-state index in [2.05, 4.69) is 118 Å². The second-order valence-electron chi connectivity index (χ2n) is 20.3. The van der Waals surface area contributed by atoms with Crippen LogP contribution in [0.2, 0.25) is 0 Å². The molecule has 2 aromatic heterocycles. The Kier molecular flexibility index (Phi) is 11.4. The lowest BCUT2D eigenvalue weighted by atomic mass is 9.44. The Morgan fingerprint density at radius 2 is 1.06 bits per heavy atom. The van der Waals surface area contributed by atoms with Crippen molar-refractivity contribution in [2.75, 3.05) is 34.3 Å². The third-order valence-electron chi connectivity index (χ3n) is 18.2. The van der Waals surface area contributed by atoms with E-state index < -0.39 is 0 Å². The number of phenolic OH excluding ortho intramolecular Hbond substituents is 1. The SMILES string of the molecule is C.C.CC.CC.COc1ccc2c3c1OC1c4nc5ccccc5c(C)c4C[C@@]4(C)[C@@H](C2)N(C)CC[C@]314.Cc1c2c(nc3ccccc13)[C@@H]1Oc3c(O)ccc4c3[C@@]13CCN(C)[C@H](C4)[C@]3(C)C2. The van der Waals surface area contributed by atoms with Gasteiger partial charge in [0.1, 0.15) is 0 Å². The van der Waals surface area contributed by atoms with E-state index in [1.54, 1.807) is 7.11 Å². The standard InChI is InChI=1S/C27H28N2O2.C26H26N2O2.2C2H6.2CH4/c1-15-17-7-5-6-8-19(17)28-23-18(15)14-26(2)21-13-16-9-10-20(30-4)24-22(16)27(26,25(23)31-24)11-12-29(21)3;1-14-16-6-4-5-7-18(16)27-22-17(14)13-25(2)20-12-15-8-9-19(29)23-21(15)26(25,24(22)30-23)10-11-28(20)3;2*1-2;;/h5-10,21,25H,11-14H2,1-4H3;4-9,20,24,29H,10-13H2,1-3H3;2*1-2H3;2*1H4/t21-,25?,26+,27+;20-,24+,25+,26+;;;;/m11..../s1. The zero-order valence-corrected chi connectivity index (χ0v) is 40.4. The number of phenols is 1. The first-order valence-electron chi connectivity index (χ1n) is 24.5. The summed E-state index contributed by atoms with van der Waals surface area (Å²) in [5, 5.41) is 13.3. The summed E-state index contributed by atoms with van der Waals surface area (Å²) in [6.45, 7) is 19.7. The maximum absolute atomic E-state index is 10.8. The van der Waals surface area contributed by atoms with Crippen LogP contribution in [0.3, 0.4) is 0 Å². The lowest BCUT2D eigenvalue weighted by Gasteiger charge is -2.64. The molecule has 0 saturated carbocycles. The topological polar surface area (TPSA) is 80.2 Å². The molecule has 1 N–H and O–H groups in total. The zero-order chi connectivity index (χ0) is 45.5. The number of para-hydroxylation sites is 2. The highest BCUT2D eigenvalue weighted by Gasteiger charge is 2.72. The number of aryl methyl sites for hydroxylation is 2. The van der Waals surface area contributed by atoms with Crippen LogP contribution in [0.15, 0.2) is 72.8 Å². The summed E-state index contributed by atoms with van der Waals surface area (Å²) in [4.78, 5) is 15.6. The van der Waals surface area contributed by atoms with Crippen molar-refractivity contribution in [3.05, 3.63) is 129 Å². The molecule has 14 rings (SSSR count). The van der Waals surface area contributed by atoms with Crippen molar-refractivity contribution in [2.45, 2.75) is 144 Å². The van der Waals surface area contributed by atoms with Gasteiger partial charge in [0, 0.05) is 44.8 Å². The number of ether oxygens (including phenoxy) is 3. The average molecular weight is 903 g/mol. The summed E-state index contributed by atoms with van der Waals surface area (Å²) >= 11 is 0. The maximum atomic E-state index is 10.8. The van der Waals surface area contributed by atoms with Crippen molar-refractivity contribution in [1.82, 2.24) is 19.8 Å². The van der Waals surface area contributed by atoms with Crippen LogP contribution in [0.1, 0.15) is 137 Å². The number of fused-ring (bicyclic) bond motifs is 6. The van der Waals surface area contributed by atoms with Crippen molar-refractivity contribution in [1.29, 1.82) is 0 Å². The summed E-state index contributed by atoms with van der Waals surface area (Å²) < 4.78 is 19.4. The van der Waals surface area contributed by atoms with Crippen LogP contribution in [0, 0.1) is 24.7 Å². The van der Waals surface area contributed by atoms with Gasteiger partial charge in [0.25, 0.3) is 0 Å². The van der Waals surface area contributed by atoms with E-state index in [0.717, 1.165) is 85.5 Å². The number of hydrogen-bond donors (Lipinski definition) is 1. The highest BCUT2D eigenvalue weighted by atomic mass is 16.5. The van der Waals surface area contributed by atoms with E-state index in [1.807, 2.05) is 33.8 Å². The van der Waals surface area contributed by atoms with Crippen LogP contribution in [0.4, 0.5) is 0 Å². The minimum absolute atomic E-state index is 0. The van der Waals surface area contributed by atoms with Gasteiger partial charge < -0.3 is 29.1 Å². The average Bonchev–Trinajstić information content (AvgIpc) is 3.87. The Labute approximate surface area is 400 Å². The Morgan fingerprint density at radius 1 is 0.627 bits per heavy atom. The number of piperidine rings is 2. The van der Waals surface area contributed by atoms with Crippen molar-refractivity contribution in [3.8, 4) is 23.0 Å². The molecule has 4 bridgehead atoms. The smallest absolute Gasteiger partial charge is 0.166 e. The molecule has 67 heavy (non-hydrogen) atoms. The molecule has 4 aromatic carbocycles. The van der Waals surface area contributed by atoms with Crippen molar-refractivity contribution in [3.63, 3.8) is 0 Å². The van der Waals surface area contributed by atoms with Crippen molar-refractivity contribution >= 4 is 21.8 Å². The van der Waals surface area contributed by atoms with Gasteiger partial charge in [-0.1, -0.05) is 105 Å². The van der Waals surface area contributed by atoms with Gasteiger partial charge in [-0.3, -0.25) is 0 Å². The largest absolute Gasteiger partial charge is 0.504 e. The Balaban J connectivity index is 0.000000152. The second-order valence-corrected chi connectivity index (χ2v) is 20.3. The maximum Gasteiger partial charge on any atom is 0.166 e. The van der Waals surface area contributed by atoms with E-state index in [9.17, 15) is 5.11 Å². The van der Waals surface area contributed by atoms with Crippen molar-refractivity contribution in [2.24, 2.45) is 10.8 Å². The number of rotatable bonds is 1. The summed E-state index contributed by atoms with van der Waals surface area (Å²) in [6.07, 6.45) is 6.11. The molecule has 2 fully saturated rings. The quantitative estimate of drug-likeness (QED) is 0.175. The third kappa shape index (κ3) is 5.66. The molecule has 0 amide bonds. The van der Waals surface area contributed by atoms with E-state index in [0.29, 0.717) is 17.8 Å². The van der Waals surface area contributed by atoms with Crippen molar-refractivity contribution < 1.29 is 19.3 Å². The molecule has 4 aliphatic heterocycles. The number of hydrogen-bond acceptors (Lipinski definition) is 8. The number of aromatic nitrogens is 2. The first-order valence-corrected chi connectivity index (χ1v) is 24.5.